The number of H-pyrrole nitrogens is 3. The number of nitrogens with zero attached hydrogens (tertiary/aromatic N) is 11. The van der Waals surface area contributed by atoms with Crippen LogP contribution in [0.25, 0.3) is 0 Å². The normalized spacial score (nSPS) is 11.4. The van der Waals surface area contributed by atoms with Crippen LogP contribution < -0.4 is 69.6 Å². The first-order valence-electron chi connectivity index (χ1n) is 29.2. The van der Waals surface area contributed by atoms with Crippen molar-refractivity contribution < 1.29 is 100 Å². The molecular weight excluding hydrogens is 1290 g/mol. The van der Waals surface area contributed by atoms with Crippen molar-refractivity contribution in [3.8, 4) is 0 Å². The van der Waals surface area contributed by atoms with Crippen LogP contribution in [0.4, 0.5) is 0 Å². The first kappa shape index (κ1) is 71.7. The second kappa shape index (κ2) is 36.0. The summed E-state index contributed by atoms with van der Waals surface area (Å²) in [6, 6.07) is 53.6. The van der Waals surface area contributed by atoms with E-state index >= 15 is 0 Å². The quantitative estimate of drug-likeness (QED) is 0.0478. The highest BCUT2D eigenvalue weighted by atomic mass is 35.7. The second-order valence-electron chi connectivity index (χ2n) is 21.9. The van der Waals surface area contributed by atoms with E-state index in [1.54, 1.807) is 0 Å². The van der Waals surface area contributed by atoms with Crippen LogP contribution in [0.2, 0.25) is 0 Å². The Labute approximate surface area is 554 Å². The van der Waals surface area contributed by atoms with E-state index in [-0.39, 0.29) is 0 Å². The Balaban J connectivity index is 0.000000201. The average Bonchev–Trinajstić information content (AvgIpc) is 1.29. The van der Waals surface area contributed by atoms with Crippen molar-refractivity contribution in [1.82, 2.24) is 53.4 Å². The molecule has 0 bridgehead atoms. The maximum absolute atomic E-state index is 8.49. The summed E-state index contributed by atoms with van der Waals surface area (Å²) in [5.41, 5.74) is 15.6. The number of nitrogens with one attached hydrogen (secondary N) is 3. The van der Waals surface area contributed by atoms with E-state index in [9.17, 15) is 0 Å². The number of imidazole rings is 6. The number of hydrogen-bond acceptors (Lipinski definition) is 17. The highest BCUT2D eigenvalue weighted by Gasteiger charge is 2.15. The van der Waals surface area contributed by atoms with Crippen LogP contribution in [0.15, 0.2) is 258 Å². The van der Waals surface area contributed by atoms with Gasteiger partial charge in [-0.05, 0) is 66.8 Å². The number of rotatable bonds is 24. The molecule has 0 atom stereocenters. The summed E-state index contributed by atoms with van der Waals surface area (Å²) < 4.78 is 115. The summed E-state index contributed by atoms with van der Waals surface area (Å²) in [6.07, 6.45) is 35.2. The summed E-state index contributed by atoms with van der Waals surface area (Å²) in [5.74, 6) is 0. The topological polar surface area (TPSA) is 396 Å². The number of halogens is 3. The molecule has 0 unspecified atom stereocenters. The van der Waals surface area contributed by atoms with E-state index in [1.165, 1.54) is 66.8 Å². The molecule has 6 aromatic heterocycles. The van der Waals surface area contributed by atoms with Crippen LogP contribution >= 0.6 is 0 Å². The van der Waals surface area contributed by atoms with Gasteiger partial charge in [-0.1, -0.05) is 146 Å². The zero-order valence-electron chi connectivity index (χ0n) is 51.2. The van der Waals surface area contributed by atoms with Crippen molar-refractivity contribution in [2.75, 3.05) is 0 Å². The minimum Gasteiger partial charge on any atom is -0.333 e. The molecule has 6 heterocycles. The lowest BCUT2D eigenvalue weighted by molar-refractivity contribution is -2.00. The zero-order valence-corrected chi connectivity index (χ0v) is 53.5. The van der Waals surface area contributed by atoms with Crippen molar-refractivity contribution in [1.29, 1.82) is 0 Å². The fourth-order valence-electron chi connectivity index (χ4n) is 10.5. The molecule has 0 radical (unpaired) electrons. The monoisotopic (exact) mass is 1350 g/mol. The van der Waals surface area contributed by atoms with Crippen LogP contribution in [0.5, 0.6) is 0 Å². The van der Waals surface area contributed by atoms with E-state index in [0.29, 0.717) is 0 Å². The molecular formula is C66H69Cl3N14O12. The molecule has 12 rings (SSSR count). The molecule has 0 spiro atoms. The Morgan fingerprint density at radius 3 is 0.726 bits per heavy atom. The molecule has 6 aromatic carbocycles. The molecule has 0 saturated heterocycles. The van der Waals surface area contributed by atoms with Gasteiger partial charge in [0.1, 0.15) is 56.8 Å². The molecule has 496 valence electrons. The van der Waals surface area contributed by atoms with Gasteiger partial charge in [0.25, 0.3) is 0 Å². The summed E-state index contributed by atoms with van der Waals surface area (Å²) in [7, 11) is -14.8. The molecule has 26 nitrogen and oxygen atoms in total. The van der Waals surface area contributed by atoms with Crippen LogP contribution in [0.1, 0.15) is 66.8 Å². The van der Waals surface area contributed by atoms with Crippen molar-refractivity contribution >= 4 is 0 Å². The molecule has 29 heteroatoms. The van der Waals surface area contributed by atoms with Crippen molar-refractivity contribution in [3.63, 3.8) is 0 Å². The maximum atomic E-state index is 8.49. The Bertz CT molecular complexity index is 3400. The van der Waals surface area contributed by atoms with E-state index in [2.05, 4.69) is 231 Å². The van der Waals surface area contributed by atoms with Crippen molar-refractivity contribution in [2.24, 2.45) is 0 Å². The highest BCUT2D eigenvalue weighted by molar-refractivity contribution is 5.30. The van der Waals surface area contributed by atoms with E-state index in [1.807, 2.05) is 93.7 Å². The summed E-state index contributed by atoms with van der Waals surface area (Å²) in [4.78, 5) is 27.1. The molecule has 0 aliphatic heterocycles. The lowest BCUT2D eigenvalue weighted by atomic mass is 10.1. The van der Waals surface area contributed by atoms with E-state index in [0.717, 1.165) is 78.5 Å². The van der Waals surface area contributed by atoms with Crippen molar-refractivity contribution in [3.05, 3.63) is 325 Å². The molecule has 0 amide bonds. The van der Waals surface area contributed by atoms with Crippen molar-refractivity contribution in [2.45, 2.75) is 78.5 Å². The Kier molecular flexibility index (Phi) is 27.2. The predicted octanol–water partition coefficient (Wildman–Crippen LogP) is -4.76. The maximum Gasteiger partial charge on any atom is 0.241 e. The Morgan fingerprint density at radius 2 is 0.526 bits per heavy atom. The Morgan fingerprint density at radius 1 is 0.316 bits per heavy atom. The van der Waals surface area contributed by atoms with E-state index < -0.39 is 30.7 Å². The molecule has 95 heavy (non-hydrogen) atoms. The first-order valence-corrected chi connectivity index (χ1v) is 32.9. The minimum atomic E-state index is -4.94. The molecule has 0 fully saturated rings. The highest BCUT2D eigenvalue weighted by Crippen LogP contribution is 2.21. The third-order valence-corrected chi connectivity index (χ3v) is 14.1. The van der Waals surface area contributed by atoms with Gasteiger partial charge in [0.05, 0.1) is 19.0 Å². The minimum absolute atomic E-state index is 0.822. The molecule has 3 N–H and O–H groups in total. The van der Waals surface area contributed by atoms with Gasteiger partial charge in [0, 0.05) is 96.1 Å². The Hall–Kier alpha value is -9.11. The smallest absolute Gasteiger partial charge is 0.241 e. The molecule has 0 saturated carbocycles. The predicted molar refractivity (Wildman–Crippen MR) is 309 cm³/mol. The summed E-state index contributed by atoms with van der Waals surface area (Å²) in [5, 5.41) is 0. The molecule has 0 aliphatic carbocycles. The van der Waals surface area contributed by atoms with Gasteiger partial charge in [-0.2, -0.15) is 0 Å². The number of aromatic amines is 3. The lowest BCUT2D eigenvalue weighted by Gasteiger charge is -2.24. The number of hydrogen-bond donors (Lipinski definition) is 3. The van der Waals surface area contributed by atoms with Gasteiger partial charge in [0.2, 0.25) is 19.0 Å². The largest absolute Gasteiger partial charge is 0.333 e. The zero-order chi connectivity index (χ0) is 67.5. The fourth-order valence-corrected chi connectivity index (χ4v) is 10.5. The van der Waals surface area contributed by atoms with Gasteiger partial charge < -0.3 is 13.7 Å². The number of benzene rings is 6. The van der Waals surface area contributed by atoms with Gasteiger partial charge in [-0.25, -0.2) is 84.6 Å². The van der Waals surface area contributed by atoms with Crippen LogP contribution in [-0.4, -0.2) is 53.4 Å². The van der Waals surface area contributed by atoms with Crippen LogP contribution in [0.3, 0.4) is 0 Å². The first-order chi connectivity index (χ1) is 45.5. The second-order valence-corrected chi connectivity index (χ2v) is 24.2. The van der Waals surface area contributed by atoms with Crippen LogP contribution in [-0.2, 0) is 78.5 Å². The summed E-state index contributed by atoms with van der Waals surface area (Å²) >= 11 is 0. The molecule has 0 aliphatic rings. The summed E-state index contributed by atoms with van der Waals surface area (Å²) in [6.45, 7) is 10.2. The average molecular weight is 1360 g/mol. The standard InChI is InChI=1S/2C33H33N7.3ClHO4/c2*1-4-28(19-37-13-10-34-25-37)16-31(7-1)22-40(23-32-8-2-5-29(17-32)20-38-14-11-35-26-38)24-33-9-3-6-30(18-33)21-39-15-12-36-27-39;3*2-1(3,4)5/h2*1-18,25-27H,19-24H2;3*(H,2,3,4,5). The van der Waals surface area contributed by atoms with Gasteiger partial charge in [-0.3, -0.25) is 24.8 Å². The SMILES string of the molecule is [O-][Cl+3]([O-])([O-])[O-].[O-][Cl+3]([O-])([O-])[O-].[O-][Cl+3]([O-])([O-])[O-].c1cc(CN(Cc2cccc(C[n+]3cc[nH]c3)c2)Cc2cccc(C[n+]3cc[nH]c3)c2)cc(Cn2ccnc2)c1.c1cc(CN(Cc2cccc(Cn3ccnc3)c2)Cc2cccc(C[n+]3cc[nH]c3)c2)cc(Cn2ccnc2)c1. The third-order valence-electron chi connectivity index (χ3n) is 14.1. The molecule has 12 aromatic rings. The third kappa shape index (κ3) is 29.4. The van der Waals surface area contributed by atoms with E-state index in [4.69, 9.17) is 55.9 Å². The number of aromatic nitrogens is 12. The van der Waals surface area contributed by atoms with Gasteiger partial charge >= 0.3 is 0 Å². The van der Waals surface area contributed by atoms with Gasteiger partial charge in [0.15, 0.2) is 0 Å². The van der Waals surface area contributed by atoms with Crippen LogP contribution in [0, 0.1) is 30.7 Å². The lowest BCUT2D eigenvalue weighted by Crippen LogP contribution is -2.68. The fraction of sp³-hybridized carbons (Fsp3) is 0.182. The van der Waals surface area contributed by atoms with Gasteiger partial charge in [-0.15, -0.1) is 30.7 Å².